The second-order valence-electron chi connectivity index (χ2n) is 13.8. The predicted molar refractivity (Wildman–Crippen MR) is 189 cm³/mol. The normalized spacial score (nSPS) is 24.5. The van der Waals surface area contributed by atoms with Crippen LogP contribution in [0.4, 0.5) is 5.69 Å². The highest BCUT2D eigenvalue weighted by Crippen LogP contribution is 2.86. The maximum atomic E-state index is 6.13. The molecule has 46 heavy (non-hydrogen) atoms. The topological polar surface area (TPSA) is 25.2 Å². The number of para-hydroxylation sites is 1. The molecular formula is C44H31NO. The fourth-order valence-electron chi connectivity index (χ4n) is 8.21. The van der Waals surface area contributed by atoms with E-state index in [4.69, 9.17) is 4.42 Å². The number of anilines is 1. The Morgan fingerprint density at radius 2 is 1.37 bits per heavy atom. The number of fused-ring (bicyclic) bond motifs is 5. The average molecular weight is 590 g/mol. The van der Waals surface area contributed by atoms with Crippen LogP contribution in [0.25, 0.3) is 60.9 Å². The fourth-order valence-corrected chi connectivity index (χ4v) is 8.21. The lowest BCUT2D eigenvalue weighted by atomic mass is 9.92. The van der Waals surface area contributed by atoms with Crippen LogP contribution in [0, 0.1) is 11.3 Å². The van der Waals surface area contributed by atoms with Gasteiger partial charge in [0.2, 0.25) is 0 Å². The Kier molecular flexibility index (Phi) is 4.70. The summed E-state index contributed by atoms with van der Waals surface area (Å²) in [7, 11) is 0. The molecule has 5 aliphatic rings. The van der Waals surface area contributed by atoms with Gasteiger partial charge in [-0.2, -0.15) is 0 Å². The van der Waals surface area contributed by atoms with Crippen LogP contribution in [0.15, 0.2) is 155 Å². The van der Waals surface area contributed by atoms with Gasteiger partial charge in [0.05, 0.1) is 5.54 Å². The lowest BCUT2D eigenvalue weighted by molar-refractivity contribution is 0.577. The van der Waals surface area contributed by atoms with Crippen molar-refractivity contribution in [2.24, 2.45) is 11.3 Å². The summed E-state index contributed by atoms with van der Waals surface area (Å²) in [5, 5.41) is 6.36. The first kappa shape index (κ1) is 24.9. The van der Waals surface area contributed by atoms with Gasteiger partial charge in [0.15, 0.2) is 0 Å². The van der Waals surface area contributed by atoms with E-state index >= 15 is 0 Å². The van der Waals surface area contributed by atoms with Crippen LogP contribution >= 0.6 is 0 Å². The van der Waals surface area contributed by atoms with Crippen molar-refractivity contribution in [2.75, 3.05) is 5.32 Å². The zero-order valence-electron chi connectivity index (χ0n) is 25.4. The predicted octanol–water partition coefficient (Wildman–Crippen LogP) is 11.4. The lowest BCUT2D eigenvalue weighted by Crippen LogP contribution is -2.20. The fraction of sp³-hybridized carbons (Fsp3) is 0.136. The molecule has 5 aromatic carbocycles. The quantitative estimate of drug-likeness (QED) is 0.187. The highest BCUT2D eigenvalue weighted by molar-refractivity contribution is 6.06. The van der Waals surface area contributed by atoms with Crippen molar-refractivity contribution < 1.29 is 4.42 Å². The van der Waals surface area contributed by atoms with Crippen LogP contribution < -0.4 is 5.32 Å². The number of allylic oxidation sites excluding steroid dienone is 6. The Morgan fingerprint density at radius 1 is 0.652 bits per heavy atom. The van der Waals surface area contributed by atoms with Crippen LogP contribution in [0.5, 0.6) is 0 Å². The Bertz CT molecular complexity index is 2450. The van der Waals surface area contributed by atoms with Crippen LogP contribution in [0.3, 0.4) is 0 Å². The van der Waals surface area contributed by atoms with Crippen molar-refractivity contribution in [2.45, 2.75) is 24.8 Å². The zero-order valence-corrected chi connectivity index (χ0v) is 25.4. The largest absolute Gasteiger partial charge is 0.456 e. The van der Waals surface area contributed by atoms with E-state index in [2.05, 4.69) is 133 Å². The molecule has 218 valence electrons. The molecule has 11 rings (SSSR count). The summed E-state index contributed by atoms with van der Waals surface area (Å²) in [4.78, 5) is 0. The van der Waals surface area contributed by atoms with Gasteiger partial charge >= 0.3 is 0 Å². The smallest absolute Gasteiger partial charge is 0.135 e. The molecule has 0 aliphatic heterocycles. The number of benzene rings is 5. The Labute approximate surface area is 268 Å². The molecule has 2 fully saturated rings. The third-order valence-electron chi connectivity index (χ3n) is 11.1. The Balaban J connectivity index is 1.01. The van der Waals surface area contributed by atoms with Crippen molar-refractivity contribution in [3.05, 3.63) is 156 Å². The van der Waals surface area contributed by atoms with Crippen molar-refractivity contribution in [1.29, 1.82) is 0 Å². The van der Waals surface area contributed by atoms with Gasteiger partial charge in [-0.1, -0.05) is 103 Å². The Morgan fingerprint density at radius 3 is 2.17 bits per heavy atom. The van der Waals surface area contributed by atoms with Crippen molar-refractivity contribution in [3.63, 3.8) is 0 Å². The summed E-state index contributed by atoms with van der Waals surface area (Å²) in [5.74, 6) is 0.680. The molecule has 1 aromatic heterocycles. The monoisotopic (exact) mass is 589 g/mol. The lowest BCUT2D eigenvalue weighted by Gasteiger charge is -2.19. The van der Waals surface area contributed by atoms with E-state index < -0.39 is 0 Å². The van der Waals surface area contributed by atoms with Gasteiger partial charge in [0, 0.05) is 33.4 Å². The summed E-state index contributed by atoms with van der Waals surface area (Å²) >= 11 is 0. The number of hydrogen-bond donors (Lipinski definition) is 1. The molecule has 6 aromatic rings. The first-order chi connectivity index (χ1) is 22.7. The summed E-state index contributed by atoms with van der Waals surface area (Å²) in [5.41, 5.74) is 17.0. The number of rotatable bonds is 7. The number of nitrogens with one attached hydrogen (secondary N) is 1. The highest BCUT2D eigenvalue weighted by Gasteiger charge is 2.84. The van der Waals surface area contributed by atoms with Gasteiger partial charge in [0.1, 0.15) is 11.2 Å². The zero-order chi connectivity index (χ0) is 30.0. The van der Waals surface area contributed by atoms with Crippen molar-refractivity contribution >= 4 is 33.2 Å². The first-order valence-corrected chi connectivity index (χ1v) is 16.5. The van der Waals surface area contributed by atoms with Gasteiger partial charge < -0.3 is 9.73 Å². The standard InChI is InChI=1S/C44H31NO/c1-2-8-27(9-3-1)28-10-6-11-29(20-28)31-16-18-39(45-44-26-38(44)42(44)43-24-34(43)25-43)36(22-31)33-13-7-12-30(21-33)32-17-19-41-37(23-32)35-14-4-5-15-40(35)46-41/h1-2,4-8,10-24,26,42,45H,3,9,25H2/t42?,43-,44+/m0/s1. The minimum atomic E-state index is 0.0941. The molecule has 3 atom stereocenters. The first-order valence-electron chi connectivity index (χ1n) is 16.5. The van der Waals surface area contributed by atoms with Gasteiger partial charge in [0.25, 0.3) is 0 Å². The Hall–Kier alpha value is -5.34. The summed E-state index contributed by atoms with van der Waals surface area (Å²) < 4.78 is 6.13. The molecule has 2 saturated carbocycles. The van der Waals surface area contributed by atoms with Gasteiger partial charge in [-0.25, -0.2) is 0 Å². The van der Waals surface area contributed by atoms with Crippen LogP contribution in [-0.4, -0.2) is 5.54 Å². The van der Waals surface area contributed by atoms with E-state index in [0.29, 0.717) is 11.3 Å². The molecule has 0 radical (unpaired) electrons. The van der Waals surface area contributed by atoms with Crippen LogP contribution in [0.2, 0.25) is 0 Å². The highest BCUT2D eigenvalue weighted by atomic mass is 16.3. The van der Waals surface area contributed by atoms with Gasteiger partial charge in [-0.3, -0.25) is 0 Å². The molecular weight excluding hydrogens is 558 g/mol. The van der Waals surface area contributed by atoms with Crippen LogP contribution in [0.1, 0.15) is 24.8 Å². The van der Waals surface area contributed by atoms with E-state index in [1.54, 1.807) is 11.1 Å². The van der Waals surface area contributed by atoms with E-state index in [9.17, 15) is 0 Å². The summed E-state index contributed by atoms with van der Waals surface area (Å²) in [6.45, 7) is 0. The molecule has 1 heterocycles. The molecule has 2 nitrogen and oxygen atoms in total. The molecule has 0 amide bonds. The molecule has 1 unspecified atom stereocenters. The van der Waals surface area contributed by atoms with Gasteiger partial charge in [-0.05, 0) is 106 Å². The maximum Gasteiger partial charge on any atom is 0.135 e. The molecule has 5 aliphatic carbocycles. The van der Waals surface area contributed by atoms with Crippen LogP contribution in [-0.2, 0) is 0 Å². The molecule has 2 heteroatoms. The van der Waals surface area contributed by atoms with Crippen molar-refractivity contribution in [1.82, 2.24) is 0 Å². The number of hydrogen-bond acceptors (Lipinski definition) is 2. The molecule has 0 spiro atoms. The summed E-state index contributed by atoms with van der Waals surface area (Å²) in [6, 6.07) is 40.0. The number of furan rings is 1. The maximum absolute atomic E-state index is 6.13. The molecule has 0 saturated heterocycles. The van der Waals surface area contributed by atoms with E-state index in [1.165, 1.54) is 56.6 Å². The third-order valence-corrected chi connectivity index (χ3v) is 11.1. The second kappa shape index (κ2) is 8.68. The molecule has 1 N–H and O–H groups in total. The minimum absolute atomic E-state index is 0.0941. The van der Waals surface area contributed by atoms with E-state index in [1.807, 2.05) is 12.1 Å². The minimum Gasteiger partial charge on any atom is -0.456 e. The summed E-state index contributed by atoms with van der Waals surface area (Å²) in [6.07, 6.45) is 15.2. The molecule has 0 bridgehead atoms. The average Bonchev–Trinajstić information content (AvgIpc) is 4.05. The SMILES string of the molecule is C1=CCCC(c2cccc(-c3ccc(N[C@]45C=C4C5[C@]45C=C4C5)c(-c4cccc(-c5ccc6oc7ccccc7c6c5)c4)c3)c2)=C1. The van der Waals surface area contributed by atoms with E-state index in [-0.39, 0.29) is 5.54 Å². The third kappa shape index (κ3) is 3.59. The van der Waals surface area contributed by atoms with Crippen molar-refractivity contribution in [3.8, 4) is 33.4 Å². The van der Waals surface area contributed by atoms with Gasteiger partial charge in [-0.15, -0.1) is 0 Å². The second-order valence-corrected chi connectivity index (χ2v) is 13.8. The van der Waals surface area contributed by atoms with E-state index in [0.717, 1.165) is 34.8 Å².